The Morgan fingerprint density at radius 1 is 1.40 bits per heavy atom. The molecule has 1 aliphatic heterocycles. The van der Waals surface area contributed by atoms with E-state index in [1.54, 1.807) is 6.07 Å². The Hall–Kier alpha value is -2.22. The van der Waals surface area contributed by atoms with Gasteiger partial charge in [-0.1, -0.05) is 5.16 Å². The van der Waals surface area contributed by atoms with Crippen molar-refractivity contribution >= 4 is 5.82 Å². The third kappa shape index (κ3) is 4.45. The van der Waals surface area contributed by atoms with Gasteiger partial charge in [0.25, 0.3) is 0 Å². The minimum atomic E-state index is -0.827. The topological polar surface area (TPSA) is 67.5 Å². The SMILES string of the molecule is CCOc1cc(N(C)C[C@@H]2C[C@H](F)CN2Cc2cc(C)no2)ncn1. The van der Waals surface area contributed by atoms with Crippen LogP contribution in [0.25, 0.3) is 0 Å². The van der Waals surface area contributed by atoms with Crippen molar-refractivity contribution in [2.24, 2.45) is 0 Å². The lowest BCUT2D eigenvalue weighted by atomic mass is 10.2. The molecule has 0 N–H and O–H groups in total. The lowest BCUT2D eigenvalue weighted by Gasteiger charge is -2.28. The molecule has 0 saturated carbocycles. The molecule has 2 aromatic rings. The molecular weight excluding hydrogens is 325 g/mol. The van der Waals surface area contributed by atoms with E-state index < -0.39 is 6.17 Å². The van der Waals surface area contributed by atoms with E-state index in [-0.39, 0.29) is 6.04 Å². The fourth-order valence-electron chi connectivity index (χ4n) is 3.17. The molecule has 0 spiro atoms. The molecule has 0 bridgehead atoms. The highest BCUT2D eigenvalue weighted by molar-refractivity contribution is 5.40. The van der Waals surface area contributed by atoms with Crippen LogP contribution in [0.2, 0.25) is 0 Å². The van der Waals surface area contributed by atoms with Crippen molar-refractivity contribution in [2.75, 3.05) is 31.6 Å². The Morgan fingerprint density at radius 2 is 2.24 bits per heavy atom. The van der Waals surface area contributed by atoms with Crippen LogP contribution in [-0.2, 0) is 6.54 Å². The van der Waals surface area contributed by atoms with E-state index in [4.69, 9.17) is 9.26 Å². The van der Waals surface area contributed by atoms with E-state index >= 15 is 0 Å². The number of ether oxygens (including phenoxy) is 1. The Bertz CT molecular complexity index is 695. The maximum Gasteiger partial charge on any atom is 0.218 e. The van der Waals surface area contributed by atoms with Crippen molar-refractivity contribution in [1.29, 1.82) is 0 Å². The first-order chi connectivity index (χ1) is 12.0. The second-order valence-electron chi connectivity index (χ2n) is 6.38. The molecule has 25 heavy (non-hydrogen) atoms. The Morgan fingerprint density at radius 3 is 2.96 bits per heavy atom. The maximum absolute atomic E-state index is 14.0. The van der Waals surface area contributed by atoms with Gasteiger partial charge in [0.2, 0.25) is 5.88 Å². The molecule has 3 heterocycles. The van der Waals surface area contributed by atoms with Crippen molar-refractivity contribution < 1.29 is 13.7 Å². The average Bonchev–Trinajstić information content (AvgIpc) is 3.14. The number of anilines is 1. The van der Waals surface area contributed by atoms with Crippen LogP contribution in [0.1, 0.15) is 24.8 Å². The van der Waals surface area contributed by atoms with Gasteiger partial charge in [-0.25, -0.2) is 14.4 Å². The van der Waals surface area contributed by atoms with E-state index in [0.717, 1.165) is 17.3 Å². The molecule has 136 valence electrons. The van der Waals surface area contributed by atoms with Crippen molar-refractivity contribution in [3.63, 3.8) is 0 Å². The van der Waals surface area contributed by atoms with Gasteiger partial charge < -0.3 is 14.2 Å². The van der Waals surface area contributed by atoms with Gasteiger partial charge in [-0.3, -0.25) is 4.90 Å². The normalized spacial score (nSPS) is 20.8. The van der Waals surface area contributed by atoms with Gasteiger partial charge in [-0.05, 0) is 20.3 Å². The summed E-state index contributed by atoms with van der Waals surface area (Å²) >= 11 is 0. The maximum atomic E-state index is 14.0. The van der Waals surface area contributed by atoms with E-state index in [0.29, 0.717) is 38.5 Å². The quantitative estimate of drug-likeness (QED) is 0.759. The monoisotopic (exact) mass is 349 g/mol. The van der Waals surface area contributed by atoms with Crippen LogP contribution in [-0.4, -0.2) is 59.0 Å². The third-order valence-corrected chi connectivity index (χ3v) is 4.31. The summed E-state index contributed by atoms with van der Waals surface area (Å²) in [4.78, 5) is 12.5. The summed E-state index contributed by atoms with van der Waals surface area (Å²) in [5.74, 6) is 2.07. The van der Waals surface area contributed by atoms with Crippen LogP contribution in [0, 0.1) is 6.92 Å². The number of likely N-dealkylation sites (N-methyl/N-ethyl adjacent to an activating group) is 1. The van der Waals surface area contributed by atoms with Gasteiger partial charge in [0.1, 0.15) is 18.3 Å². The molecule has 0 unspecified atom stereocenters. The van der Waals surface area contributed by atoms with Gasteiger partial charge in [0.05, 0.1) is 18.8 Å². The van der Waals surface area contributed by atoms with Crippen molar-refractivity contribution in [1.82, 2.24) is 20.0 Å². The van der Waals surface area contributed by atoms with Crippen LogP contribution in [0.5, 0.6) is 5.88 Å². The molecule has 0 aromatic carbocycles. The van der Waals surface area contributed by atoms with E-state index in [2.05, 4.69) is 20.0 Å². The molecule has 0 aliphatic carbocycles. The number of nitrogens with zero attached hydrogens (tertiary/aromatic N) is 5. The van der Waals surface area contributed by atoms with Crippen LogP contribution in [0.4, 0.5) is 10.2 Å². The highest BCUT2D eigenvalue weighted by Gasteiger charge is 2.33. The van der Waals surface area contributed by atoms with Gasteiger partial charge in [0, 0.05) is 38.3 Å². The van der Waals surface area contributed by atoms with E-state index in [1.807, 2.05) is 31.9 Å². The number of likely N-dealkylation sites (tertiary alicyclic amines) is 1. The molecule has 2 aromatic heterocycles. The van der Waals surface area contributed by atoms with E-state index in [1.165, 1.54) is 6.33 Å². The lowest BCUT2D eigenvalue weighted by molar-refractivity contribution is 0.209. The summed E-state index contributed by atoms with van der Waals surface area (Å²) in [7, 11) is 1.94. The second kappa shape index (κ2) is 7.77. The molecule has 7 nitrogen and oxygen atoms in total. The summed E-state index contributed by atoms with van der Waals surface area (Å²) in [6, 6.07) is 3.77. The Labute approximate surface area is 146 Å². The largest absolute Gasteiger partial charge is 0.478 e. The van der Waals surface area contributed by atoms with Crippen molar-refractivity contribution in [3.05, 3.63) is 29.9 Å². The first-order valence-electron chi connectivity index (χ1n) is 8.51. The number of hydrogen-bond acceptors (Lipinski definition) is 7. The molecule has 2 atom stereocenters. The number of hydrogen-bond donors (Lipinski definition) is 0. The van der Waals surface area contributed by atoms with Gasteiger partial charge >= 0.3 is 0 Å². The number of halogens is 1. The summed E-state index contributed by atoms with van der Waals surface area (Å²) in [6.07, 6.45) is 1.16. The number of rotatable bonds is 7. The molecule has 0 radical (unpaired) electrons. The molecule has 0 amide bonds. The molecular formula is C17H24FN5O2. The minimum Gasteiger partial charge on any atom is -0.478 e. The second-order valence-corrected chi connectivity index (χ2v) is 6.38. The first-order valence-corrected chi connectivity index (χ1v) is 8.51. The highest BCUT2D eigenvalue weighted by Crippen LogP contribution is 2.25. The zero-order valence-electron chi connectivity index (χ0n) is 14.9. The number of aryl methyl sites for hydroxylation is 1. The van der Waals surface area contributed by atoms with Gasteiger partial charge in [-0.15, -0.1) is 0 Å². The van der Waals surface area contributed by atoms with Crippen molar-refractivity contribution in [2.45, 2.75) is 39.0 Å². The predicted octanol–water partition coefficient (Wildman–Crippen LogP) is 2.22. The molecule has 3 rings (SSSR count). The van der Waals surface area contributed by atoms with Crippen LogP contribution < -0.4 is 9.64 Å². The summed E-state index contributed by atoms with van der Waals surface area (Å²) in [5.41, 5.74) is 0.837. The smallest absolute Gasteiger partial charge is 0.218 e. The predicted molar refractivity (Wildman–Crippen MR) is 91.4 cm³/mol. The molecule has 1 saturated heterocycles. The number of alkyl halides is 1. The fraction of sp³-hybridized carbons (Fsp3) is 0.588. The number of aromatic nitrogens is 3. The highest BCUT2D eigenvalue weighted by atomic mass is 19.1. The van der Waals surface area contributed by atoms with E-state index in [9.17, 15) is 4.39 Å². The van der Waals surface area contributed by atoms with Crippen molar-refractivity contribution in [3.8, 4) is 5.88 Å². The summed E-state index contributed by atoms with van der Waals surface area (Å²) in [6.45, 7) is 5.98. The standard InChI is InChI=1S/C17H24FN5O2/c1-4-24-17-7-16(19-11-20-17)22(3)9-14-6-13(18)8-23(14)10-15-5-12(2)21-25-15/h5,7,11,13-14H,4,6,8-10H2,1-3H3/t13-,14-/m0/s1. The zero-order chi connectivity index (χ0) is 17.8. The van der Waals surface area contributed by atoms with Gasteiger partial charge in [-0.2, -0.15) is 0 Å². The molecule has 1 aliphatic rings. The first kappa shape index (κ1) is 17.6. The fourth-order valence-corrected chi connectivity index (χ4v) is 3.17. The third-order valence-electron chi connectivity index (χ3n) is 4.31. The zero-order valence-corrected chi connectivity index (χ0v) is 14.9. The summed E-state index contributed by atoms with van der Waals surface area (Å²) < 4.78 is 24.7. The Balaban J connectivity index is 1.66. The lowest BCUT2D eigenvalue weighted by Crippen LogP contribution is -2.38. The summed E-state index contributed by atoms with van der Waals surface area (Å²) in [5, 5.41) is 3.90. The van der Waals surface area contributed by atoms with Crippen LogP contribution in [0.3, 0.4) is 0 Å². The molecule has 1 fully saturated rings. The average molecular weight is 349 g/mol. The Kier molecular flexibility index (Phi) is 5.47. The van der Waals surface area contributed by atoms with Crippen LogP contribution >= 0.6 is 0 Å². The van der Waals surface area contributed by atoms with Crippen LogP contribution in [0.15, 0.2) is 23.0 Å². The minimum absolute atomic E-state index is 0.0796. The van der Waals surface area contributed by atoms with Gasteiger partial charge in [0.15, 0.2) is 5.76 Å². The molecule has 8 heteroatoms.